The molecule has 0 saturated heterocycles. The molecule has 2 atom stereocenters. The van der Waals surface area contributed by atoms with Gasteiger partial charge in [-0.2, -0.15) is 0 Å². The summed E-state index contributed by atoms with van der Waals surface area (Å²) in [7, 11) is 0. The van der Waals surface area contributed by atoms with Gasteiger partial charge in [-0.1, -0.05) is 62.3 Å². The molecule has 2 unspecified atom stereocenters. The third-order valence-corrected chi connectivity index (χ3v) is 4.62. The Morgan fingerprint density at radius 3 is 1.70 bits per heavy atom. The van der Waals surface area contributed by atoms with Crippen LogP contribution in [0.3, 0.4) is 0 Å². The van der Waals surface area contributed by atoms with E-state index in [1.54, 1.807) is 0 Å². The molecule has 2 aliphatic rings. The minimum atomic E-state index is 0.194. The Hall–Kier alpha value is -0.850. The maximum atomic E-state index is 4.75. The van der Waals surface area contributed by atoms with Gasteiger partial charge >= 0.3 is 0 Å². The number of fused-ring (bicyclic) bond motifs is 3. The molecule has 3 rings (SSSR count). The highest BCUT2D eigenvalue weighted by Crippen LogP contribution is 2.57. The predicted molar refractivity (Wildman–Crippen MR) is 87.3 cm³/mol. The van der Waals surface area contributed by atoms with Gasteiger partial charge in [-0.15, -0.1) is 0 Å². The van der Waals surface area contributed by atoms with Crippen LogP contribution in [0.5, 0.6) is 0 Å². The van der Waals surface area contributed by atoms with Crippen LogP contribution in [0.4, 0.5) is 0 Å². The largest absolute Gasteiger partial charge is 0.261 e. The number of pyridine rings is 1. The molecule has 0 aromatic carbocycles. The fourth-order valence-corrected chi connectivity index (χ4v) is 3.81. The van der Waals surface area contributed by atoms with Gasteiger partial charge in [0.2, 0.25) is 0 Å². The normalized spacial score (nSPS) is 23.2. The molecule has 112 valence electrons. The monoisotopic (exact) mass is 273 g/mol. The smallest absolute Gasteiger partial charge is 0.0449 e. The van der Waals surface area contributed by atoms with Crippen LogP contribution < -0.4 is 0 Å². The topological polar surface area (TPSA) is 12.9 Å². The Labute approximate surface area is 125 Å². The number of aromatic nitrogens is 1. The van der Waals surface area contributed by atoms with Crippen molar-refractivity contribution in [1.82, 2.24) is 4.98 Å². The number of nitrogens with zero attached hydrogens (tertiary/aromatic N) is 1. The summed E-state index contributed by atoms with van der Waals surface area (Å²) < 4.78 is 0. The zero-order chi connectivity index (χ0) is 15.5. The molecule has 0 spiro atoms. The van der Waals surface area contributed by atoms with E-state index < -0.39 is 0 Å². The molecule has 1 aromatic rings. The lowest BCUT2D eigenvalue weighted by molar-refractivity contribution is 0.173. The lowest BCUT2D eigenvalue weighted by Gasteiger charge is -2.48. The van der Waals surface area contributed by atoms with Crippen molar-refractivity contribution in [2.75, 3.05) is 0 Å². The first kappa shape index (κ1) is 15.5. The van der Waals surface area contributed by atoms with Crippen LogP contribution >= 0.6 is 0 Å². The highest BCUT2D eigenvalue weighted by Gasteiger charge is 2.46. The molecule has 0 radical (unpaired) electrons. The molecule has 2 heterocycles. The molecule has 0 fully saturated rings. The van der Waals surface area contributed by atoms with Gasteiger partial charge in [0, 0.05) is 17.8 Å². The highest BCUT2D eigenvalue weighted by atomic mass is 14.7. The fourth-order valence-electron chi connectivity index (χ4n) is 3.81. The summed E-state index contributed by atoms with van der Waals surface area (Å²) in [6, 6.07) is 2.37. The van der Waals surface area contributed by atoms with Crippen molar-refractivity contribution < 1.29 is 0 Å². The van der Waals surface area contributed by atoms with E-state index in [9.17, 15) is 0 Å². The van der Waals surface area contributed by atoms with Gasteiger partial charge in [-0.25, -0.2) is 0 Å². The lowest BCUT2D eigenvalue weighted by atomic mass is 9.56. The number of hydrogen-bond donors (Lipinski definition) is 0. The molecule has 1 aromatic heterocycles. The third kappa shape index (κ3) is 2.52. The SMILES string of the molecule is CC(C)(C)c1cc2ncc1C(C(C)(C)C)C2C(C)(C)C. The van der Waals surface area contributed by atoms with Crippen molar-refractivity contribution in [3.63, 3.8) is 0 Å². The molecule has 2 bridgehead atoms. The van der Waals surface area contributed by atoms with E-state index in [-0.39, 0.29) is 16.2 Å². The molecular weight excluding hydrogens is 242 g/mol. The van der Waals surface area contributed by atoms with Gasteiger partial charge < -0.3 is 0 Å². The summed E-state index contributed by atoms with van der Waals surface area (Å²) in [5.41, 5.74) is 4.95. The molecular formula is C19H31N. The summed E-state index contributed by atoms with van der Waals surface area (Å²) in [4.78, 5) is 4.75. The molecule has 1 aliphatic carbocycles. The highest BCUT2D eigenvalue weighted by molar-refractivity contribution is 5.44. The number of hydrogen-bond acceptors (Lipinski definition) is 1. The molecule has 0 amide bonds. The maximum Gasteiger partial charge on any atom is 0.0449 e. The molecule has 1 heteroatoms. The summed E-state index contributed by atoms with van der Waals surface area (Å²) >= 11 is 0. The van der Waals surface area contributed by atoms with E-state index in [0.717, 1.165) is 0 Å². The van der Waals surface area contributed by atoms with E-state index in [1.807, 2.05) is 0 Å². The van der Waals surface area contributed by atoms with Gasteiger partial charge in [-0.3, -0.25) is 4.98 Å². The van der Waals surface area contributed by atoms with Gasteiger partial charge in [0.15, 0.2) is 0 Å². The Morgan fingerprint density at radius 2 is 1.30 bits per heavy atom. The Balaban J connectivity index is 2.68. The first-order valence-electron chi connectivity index (χ1n) is 7.84. The third-order valence-electron chi connectivity index (χ3n) is 4.62. The van der Waals surface area contributed by atoms with Gasteiger partial charge in [0.1, 0.15) is 0 Å². The minimum absolute atomic E-state index is 0.194. The molecule has 1 nitrogen and oxygen atoms in total. The zero-order valence-corrected chi connectivity index (χ0v) is 14.8. The summed E-state index contributed by atoms with van der Waals surface area (Å²) in [6.45, 7) is 21.1. The first-order chi connectivity index (χ1) is 8.83. The average molecular weight is 273 g/mol. The summed E-state index contributed by atoms with van der Waals surface area (Å²) in [5, 5.41) is 0. The van der Waals surface area contributed by atoms with Gasteiger partial charge in [0.05, 0.1) is 0 Å². The second kappa shape index (κ2) is 4.32. The van der Waals surface area contributed by atoms with E-state index >= 15 is 0 Å². The van der Waals surface area contributed by atoms with Crippen molar-refractivity contribution >= 4 is 0 Å². The van der Waals surface area contributed by atoms with Crippen LogP contribution in [-0.4, -0.2) is 4.98 Å². The lowest BCUT2D eigenvalue weighted by Crippen LogP contribution is -2.38. The maximum absolute atomic E-state index is 4.75. The first-order valence-corrected chi connectivity index (χ1v) is 7.84. The average Bonchev–Trinajstić information content (AvgIpc) is 2.24. The van der Waals surface area contributed by atoms with Crippen molar-refractivity contribution in [3.05, 3.63) is 29.1 Å². The fraction of sp³-hybridized carbons (Fsp3) is 0.737. The van der Waals surface area contributed by atoms with Crippen LogP contribution in [0.1, 0.15) is 91.0 Å². The molecule has 0 saturated carbocycles. The summed E-state index contributed by atoms with van der Waals surface area (Å²) in [5.74, 6) is 1.09. The van der Waals surface area contributed by atoms with Crippen LogP contribution in [-0.2, 0) is 5.41 Å². The summed E-state index contributed by atoms with van der Waals surface area (Å²) in [6.07, 6.45) is 2.15. The molecule has 20 heavy (non-hydrogen) atoms. The van der Waals surface area contributed by atoms with Crippen LogP contribution in [0.2, 0.25) is 0 Å². The van der Waals surface area contributed by atoms with E-state index in [0.29, 0.717) is 11.8 Å². The van der Waals surface area contributed by atoms with Crippen LogP contribution in [0.15, 0.2) is 12.3 Å². The second-order valence-corrected chi connectivity index (χ2v) is 9.63. The van der Waals surface area contributed by atoms with Crippen molar-refractivity contribution in [1.29, 1.82) is 0 Å². The molecule has 1 aliphatic heterocycles. The van der Waals surface area contributed by atoms with E-state index in [4.69, 9.17) is 4.98 Å². The van der Waals surface area contributed by atoms with Gasteiger partial charge in [-0.05, 0) is 39.4 Å². The zero-order valence-electron chi connectivity index (χ0n) is 14.8. The number of rotatable bonds is 0. The van der Waals surface area contributed by atoms with Gasteiger partial charge in [0.25, 0.3) is 0 Å². The molecule has 0 N–H and O–H groups in total. The Morgan fingerprint density at radius 1 is 0.800 bits per heavy atom. The Bertz CT molecular complexity index is 506. The van der Waals surface area contributed by atoms with Crippen LogP contribution in [0, 0.1) is 10.8 Å². The van der Waals surface area contributed by atoms with Crippen molar-refractivity contribution in [2.45, 2.75) is 79.6 Å². The quantitative estimate of drug-likeness (QED) is 0.595. The standard InChI is InChI=1S/C19H31N/c1-17(2,3)13-10-14-16(19(7,8)9)15(18(4,5)6)12(13)11-20-14/h10-11,15-16H,1-9H3. The Kier molecular flexibility index (Phi) is 3.36. The van der Waals surface area contributed by atoms with Crippen LogP contribution in [0.25, 0.3) is 0 Å². The van der Waals surface area contributed by atoms with Crippen molar-refractivity contribution in [3.8, 4) is 0 Å². The van der Waals surface area contributed by atoms with Crippen molar-refractivity contribution in [2.24, 2.45) is 10.8 Å². The predicted octanol–water partition coefficient (Wildman–Crippen LogP) is 5.65. The minimum Gasteiger partial charge on any atom is -0.261 e. The second-order valence-electron chi connectivity index (χ2n) is 9.63. The van der Waals surface area contributed by atoms with E-state index in [1.165, 1.54) is 16.8 Å². The van der Waals surface area contributed by atoms with E-state index in [2.05, 4.69) is 74.6 Å².